The van der Waals surface area contributed by atoms with Gasteiger partial charge in [-0.2, -0.15) is 0 Å². The van der Waals surface area contributed by atoms with Crippen molar-refractivity contribution in [2.24, 2.45) is 0 Å². The molecule has 1 aromatic carbocycles. The first-order chi connectivity index (χ1) is 8.22. The third kappa shape index (κ3) is 3.45. The highest BCUT2D eigenvalue weighted by Gasteiger charge is 2.09. The highest BCUT2D eigenvalue weighted by atomic mass is 16.5. The van der Waals surface area contributed by atoms with E-state index in [4.69, 9.17) is 9.47 Å². The molecule has 0 N–H and O–H groups in total. The zero-order valence-electron chi connectivity index (χ0n) is 9.80. The van der Waals surface area contributed by atoms with E-state index < -0.39 is 5.97 Å². The number of methoxy groups -OCH3 is 1. The van der Waals surface area contributed by atoms with E-state index in [1.54, 1.807) is 31.2 Å². The zero-order valence-corrected chi connectivity index (χ0v) is 9.80. The van der Waals surface area contributed by atoms with Crippen LogP contribution in [0.25, 0.3) is 5.76 Å². The smallest absolute Gasteiger partial charge is 0.334 e. The van der Waals surface area contributed by atoms with E-state index in [-0.39, 0.29) is 0 Å². The second-order valence-electron chi connectivity index (χ2n) is 3.17. The van der Waals surface area contributed by atoms with Gasteiger partial charge in [-0.1, -0.05) is 24.3 Å². The van der Waals surface area contributed by atoms with Crippen molar-refractivity contribution in [2.75, 3.05) is 13.7 Å². The molecule has 0 aromatic heterocycles. The summed E-state index contributed by atoms with van der Waals surface area (Å²) in [4.78, 5) is 22.2. The lowest BCUT2D eigenvalue weighted by Crippen LogP contribution is -2.03. The van der Waals surface area contributed by atoms with Crippen LogP contribution in [-0.2, 0) is 14.3 Å². The monoisotopic (exact) mass is 234 g/mol. The number of rotatable bonds is 5. The van der Waals surface area contributed by atoms with Gasteiger partial charge in [-0.15, -0.1) is 0 Å². The van der Waals surface area contributed by atoms with Gasteiger partial charge in [0.1, 0.15) is 5.76 Å². The highest BCUT2D eigenvalue weighted by Crippen LogP contribution is 2.18. The van der Waals surface area contributed by atoms with Crippen molar-refractivity contribution in [1.29, 1.82) is 0 Å². The van der Waals surface area contributed by atoms with Crippen LogP contribution < -0.4 is 0 Å². The van der Waals surface area contributed by atoms with E-state index in [2.05, 4.69) is 0 Å². The molecule has 0 unspecified atom stereocenters. The van der Waals surface area contributed by atoms with Crippen molar-refractivity contribution in [2.45, 2.75) is 6.92 Å². The van der Waals surface area contributed by atoms with Crippen LogP contribution in [0.4, 0.5) is 0 Å². The first kappa shape index (κ1) is 13.0. The Hall–Kier alpha value is -2.10. The van der Waals surface area contributed by atoms with Gasteiger partial charge in [0.15, 0.2) is 6.29 Å². The average molecular weight is 234 g/mol. The van der Waals surface area contributed by atoms with Crippen LogP contribution in [0.5, 0.6) is 0 Å². The summed E-state index contributed by atoms with van der Waals surface area (Å²) in [6, 6.07) is 6.86. The second kappa shape index (κ2) is 6.48. The molecule has 4 heteroatoms. The van der Waals surface area contributed by atoms with Gasteiger partial charge in [0.05, 0.1) is 19.8 Å². The van der Waals surface area contributed by atoms with Gasteiger partial charge in [-0.3, -0.25) is 4.79 Å². The van der Waals surface area contributed by atoms with E-state index in [1.165, 1.54) is 13.2 Å². The molecule has 4 nitrogen and oxygen atoms in total. The topological polar surface area (TPSA) is 52.6 Å². The average Bonchev–Trinajstić information content (AvgIpc) is 2.36. The molecule has 0 saturated heterocycles. The Morgan fingerprint density at radius 3 is 2.65 bits per heavy atom. The molecule has 17 heavy (non-hydrogen) atoms. The summed E-state index contributed by atoms with van der Waals surface area (Å²) in [5.41, 5.74) is 1.03. The van der Waals surface area contributed by atoms with Gasteiger partial charge in [0.2, 0.25) is 0 Å². The summed E-state index contributed by atoms with van der Waals surface area (Å²) >= 11 is 0. The molecule has 1 rings (SSSR count). The molecular formula is C13H14O4. The predicted molar refractivity (Wildman–Crippen MR) is 63.4 cm³/mol. The van der Waals surface area contributed by atoms with Crippen LogP contribution in [0.3, 0.4) is 0 Å². The molecular weight excluding hydrogens is 220 g/mol. The van der Waals surface area contributed by atoms with Crippen LogP contribution in [0, 0.1) is 0 Å². The maximum atomic E-state index is 11.3. The summed E-state index contributed by atoms with van der Waals surface area (Å²) < 4.78 is 9.88. The molecule has 0 aliphatic carbocycles. The fraction of sp³-hybridized carbons (Fsp3) is 0.231. The molecule has 0 amide bonds. The number of carbonyl (C=O) groups excluding carboxylic acids is 2. The van der Waals surface area contributed by atoms with Gasteiger partial charge in [0.25, 0.3) is 0 Å². The van der Waals surface area contributed by atoms with E-state index >= 15 is 0 Å². The molecule has 1 aromatic rings. The van der Waals surface area contributed by atoms with Crippen LogP contribution in [0.15, 0.2) is 30.3 Å². The minimum Gasteiger partial charge on any atom is -0.496 e. The summed E-state index contributed by atoms with van der Waals surface area (Å²) in [6.07, 6.45) is 1.94. The lowest BCUT2D eigenvalue weighted by atomic mass is 10.1. The molecule has 0 fully saturated rings. The number of carbonyl (C=O) groups is 2. The maximum Gasteiger partial charge on any atom is 0.334 e. The van der Waals surface area contributed by atoms with Crippen molar-refractivity contribution in [3.8, 4) is 0 Å². The van der Waals surface area contributed by atoms with Crippen LogP contribution in [0.1, 0.15) is 22.8 Å². The zero-order chi connectivity index (χ0) is 12.7. The van der Waals surface area contributed by atoms with Crippen LogP contribution in [0.2, 0.25) is 0 Å². The minimum atomic E-state index is -0.495. The number of ether oxygens (including phenoxy) is 2. The summed E-state index contributed by atoms with van der Waals surface area (Å²) in [6.45, 7) is 2.01. The number of hydrogen-bond donors (Lipinski definition) is 0. The summed E-state index contributed by atoms with van der Waals surface area (Å²) in [5, 5.41) is 0. The van der Waals surface area contributed by atoms with Gasteiger partial charge in [-0.05, 0) is 6.92 Å². The largest absolute Gasteiger partial charge is 0.496 e. The summed E-state index contributed by atoms with van der Waals surface area (Å²) in [5.74, 6) is -0.184. The highest BCUT2D eigenvalue weighted by molar-refractivity contribution is 5.93. The third-order valence-corrected chi connectivity index (χ3v) is 2.11. The van der Waals surface area contributed by atoms with Crippen molar-refractivity contribution in [1.82, 2.24) is 0 Å². The Kier molecular flexibility index (Phi) is 4.94. The van der Waals surface area contributed by atoms with E-state index in [0.29, 0.717) is 29.8 Å². The standard InChI is InChI=1S/C13H14O4/c1-3-17-13(15)8-12(16-2)11-7-5-4-6-10(11)9-14/h4-9H,3H2,1-2H3/b12-8+. The molecule has 0 aliphatic rings. The Morgan fingerprint density at radius 1 is 1.35 bits per heavy atom. The van der Waals surface area contributed by atoms with Gasteiger partial charge >= 0.3 is 5.97 Å². The third-order valence-electron chi connectivity index (χ3n) is 2.11. The van der Waals surface area contributed by atoms with E-state index in [0.717, 1.165) is 0 Å². The van der Waals surface area contributed by atoms with E-state index in [9.17, 15) is 9.59 Å². The first-order valence-corrected chi connectivity index (χ1v) is 5.20. The Balaban J connectivity index is 3.09. The van der Waals surface area contributed by atoms with Crippen molar-refractivity contribution in [3.63, 3.8) is 0 Å². The molecule has 0 atom stereocenters. The van der Waals surface area contributed by atoms with Crippen molar-refractivity contribution < 1.29 is 19.1 Å². The second-order valence-corrected chi connectivity index (χ2v) is 3.17. The maximum absolute atomic E-state index is 11.3. The normalized spacial score (nSPS) is 10.8. The Morgan fingerprint density at radius 2 is 2.06 bits per heavy atom. The van der Waals surface area contributed by atoms with Crippen LogP contribution >= 0.6 is 0 Å². The van der Waals surface area contributed by atoms with Gasteiger partial charge in [-0.25, -0.2) is 4.79 Å². The Labute approximate surface area is 99.8 Å². The van der Waals surface area contributed by atoms with Gasteiger partial charge in [0, 0.05) is 11.1 Å². The molecule has 0 heterocycles. The van der Waals surface area contributed by atoms with Gasteiger partial charge < -0.3 is 9.47 Å². The lowest BCUT2D eigenvalue weighted by molar-refractivity contribution is -0.137. The minimum absolute atomic E-state index is 0.293. The Bertz CT molecular complexity index is 435. The molecule has 0 radical (unpaired) electrons. The number of benzene rings is 1. The fourth-order valence-corrected chi connectivity index (χ4v) is 1.36. The molecule has 0 bridgehead atoms. The molecule has 90 valence electrons. The number of hydrogen-bond acceptors (Lipinski definition) is 4. The van der Waals surface area contributed by atoms with Crippen molar-refractivity contribution >= 4 is 18.0 Å². The molecule has 0 saturated carbocycles. The fourth-order valence-electron chi connectivity index (χ4n) is 1.36. The quantitative estimate of drug-likeness (QED) is 0.338. The first-order valence-electron chi connectivity index (χ1n) is 5.20. The SMILES string of the molecule is CCOC(=O)/C=C(/OC)c1ccccc1C=O. The summed E-state index contributed by atoms with van der Waals surface area (Å²) in [7, 11) is 1.44. The number of aldehydes is 1. The van der Waals surface area contributed by atoms with E-state index in [1.807, 2.05) is 0 Å². The lowest BCUT2D eigenvalue weighted by Gasteiger charge is -2.08. The molecule has 0 spiro atoms. The molecule has 0 aliphatic heterocycles. The predicted octanol–water partition coefficient (Wildman–Crippen LogP) is 2.05. The number of esters is 1. The van der Waals surface area contributed by atoms with Crippen molar-refractivity contribution in [3.05, 3.63) is 41.5 Å². The van der Waals surface area contributed by atoms with Crippen LogP contribution in [-0.4, -0.2) is 26.0 Å².